The number of aromatic nitrogens is 2. The highest BCUT2D eigenvalue weighted by Crippen LogP contribution is 2.25. The Balaban J connectivity index is 2.68. The van der Waals surface area contributed by atoms with Crippen LogP contribution in [-0.2, 0) is 0 Å². The lowest BCUT2D eigenvalue weighted by molar-refractivity contribution is -0.384. The summed E-state index contributed by atoms with van der Waals surface area (Å²) in [5.74, 6) is 0.564. The molecule has 0 bridgehead atoms. The van der Waals surface area contributed by atoms with Crippen LogP contribution in [0.3, 0.4) is 0 Å². The van der Waals surface area contributed by atoms with Crippen molar-refractivity contribution in [3.8, 4) is 11.4 Å². The molecule has 0 aliphatic carbocycles. The number of rotatable bonds is 2. The second-order valence-electron chi connectivity index (χ2n) is 4.40. The van der Waals surface area contributed by atoms with Gasteiger partial charge in [0.1, 0.15) is 10.5 Å². The number of non-ortho nitro benzene ring substituents is 1. The number of nitro benzene ring substituents is 1. The number of nitro groups is 1. The maximum atomic E-state index is 10.8. The lowest BCUT2D eigenvalue weighted by Crippen LogP contribution is -1.98. The third-order valence-corrected chi connectivity index (χ3v) is 3.49. The van der Waals surface area contributed by atoms with E-state index in [-0.39, 0.29) is 5.69 Å². The van der Waals surface area contributed by atoms with Crippen LogP contribution in [0.1, 0.15) is 16.8 Å². The molecule has 1 heterocycles. The van der Waals surface area contributed by atoms with E-state index >= 15 is 0 Å². The smallest absolute Gasteiger partial charge is 0.270 e. The van der Waals surface area contributed by atoms with E-state index in [1.807, 2.05) is 20.8 Å². The average molecular weight is 275 g/mol. The number of aryl methyl sites for hydroxylation is 2. The van der Waals surface area contributed by atoms with Gasteiger partial charge in [0.05, 0.1) is 4.92 Å². The van der Waals surface area contributed by atoms with Gasteiger partial charge in [-0.05, 0) is 26.3 Å². The first-order valence-corrected chi connectivity index (χ1v) is 6.14. The molecule has 1 aromatic carbocycles. The lowest BCUT2D eigenvalue weighted by atomic mass is 10.1. The molecule has 0 unspecified atom stereocenters. The second-order valence-corrected chi connectivity index (χ2v) is 4.78. The van der Waals surface area contributed by atoms with Crippen LogP contribution in [0.2, 0.25) is 0 Å². The molecule has 1 N–H and O–H groups in total. The number of H-pyrrole nitrogens is 1. The van der Waals surface area contributed by atoms with E-state index in [0.717, 1.165) is 16.8 Å². The number of benzene rings is 1. The summed E-state index contributed by atoms with van der Waals surface area (Å²) in [5.41, 5.74) is 3.48. The summed E-state index contributed by atoms with van der Waals surface area (Å²) in [6.45, 7) is 5.68. The SMILES string of the molecule is Cc1ccc([N+](=O)[O-])cc1-c1nc(=S)c(C)c(C)[nH]1. The van der Waals surface area contributed by atoms with Gasteiger partial charge in [-0.25, -0.2) is 4.98 Å². The molecule has 0 spiro atoms. The van der Waals surface area contributed by atoms with Gasteiger partial charge in [-0.1, -0.05) is 18.3 Å². The third kappa shape index (κ3) is 2.53. The zero-order chi connectivity index (χ0) is 14.2. The minimum absolute atomic E-state index is 0.0416. The molecule has 2 rings (SSSR count). The topological polar surface area (TPSA) is 71.8 Å². The molecule has 1 aromatic heterocycles. The van der Waals surface area contributed by atoms with Gasteiger partial charge >= 0.3 is 0 Å². The van der Waals surface area contributed by atoms with Crippen LogP contribution in [-0.4, -0.2) is 14.9 Å². The number of nitrogens with one attached hydrogen (secondary N) is 1. The summed E-state index contributed by atoms with van der Waals surface area (Å²) in [4.78, 5) is 17.9. The van der Waals surface area contributed by atoms with E-state index in [1.165, 1.54) is 12.1 Å². The van der Waals surface area contributed by atoms with Crippen molar-refractivity contribution in [1.82, 2.24) is 9.97 Å². The minimum Gasteiger partial charge on any atom is -0.343 e. The molecule has 19 heavy (non-hydrogen) atoms. The van der Waals surface area contributed by atoms with Crippen LogP contribution < -0.4 is 0 Å². The first kappa shape index (κ1) is 13.4. The van der Waals surface area contributed by atoms with E-state index in [9.17, 15) is 10.1 Å². The van der Waals surface area contributed by atoms with Gasteiger partial charge in [-0.3, -0.25) is 10.1 Å². The largest absolute Gasteiger partial charge is 0.343 e. The van der Waals surface area contributed by atoms with Crippen LogP contribution >= 0.6 is 12.2 Å². The van der Waals surface area contributed by atoms with E-state index in [2.05, 4.69) is 9.97 Å². The third-order valence-electron chi connectivity index (χ3n) is 3.09. The highest BCUT2D eigenvalue weighted by molar-refractivity contribution is 7.71. The summed E-state index contributed by atoms with van der Waals surface area (Å²) < 4.78 is 0.511. The van der Waals surface area contributed by atoms with Gasteiger partial charge in [0.2, 0.25) is 0 Å². The Bertz CT molecular complexity index is 722. The second kappa shape index (κ2) is 4.89. The Kier molecular flexibility index (Phi) is 3.44. The van der Waals surface area contributed by atoms with E-state index in [4.69, 9.17) is 12.2 Å². The van der Waals surface area contributed by atoms with Crippen molar-refractivity contribution in [3.63, 3.8) is 0 Å². The van der Waals surface area contributed by atoms with Crippen LogP contribution in [0, 0.1) is 35.5 Å². The fourth-order valence-electron chi connectivity index (χ4n) is 1.75. The van der Waals surface area contributed by atoms with Crippen molar-refractivity contribution < 1.29 is 4.92 Å². The Morgan fingerprint density at radius 2 is 2.00 bits per heavy atom. The molecule has 5 nitrogen and oxygen atoms in total. The van der Waals surface area contributed by atoms with Crippen molar-refractivity contribution in [2.75, 3.05) is 0 Å². The molecule has 0 saturated heterocycles. The molecule has 0 radical (unpaired) electrons. The van der Waals surface area contributed by atoms with Crippen molar-refractivity contribution in [1.29, 1.82) is 0 Å². The number of hydrogen-bond acceptors (Lipinski definition) is 4. The average Bonchev–Trinajstić information content (AvgIpc) is 2.35. The van der Waals surface area contributed by atoms with Crippen LogP contribution in [0.25, 0.3) is 11.4 Å². The Labute approximate surface area is 115 Å². The summed E-state index contributed by atoms with van der Waals surface area (Å²) >= 11 is 5.19. The Morgan fingerprint density at radius 1 is 1.32 bits per heavy atom. The molecule has 0 saturated carbocycles. The van der Waals surface area contributed by atoms with E-state index in [1.54, 1.807) is 6.07 Å². The van der Waals surface area contributed by atoms with E-state index in [0.29, 0.717) is 16.0 Å². The van der Waals surface area contributed by atoms with Gasteiger partial charge in [-0.15, -0.1) is 0 Å². The fraction of sp³-hybridized carbons (Fsp3) is 0.231. The van der Waals surface area contributed by atoms with Crippen LogP contribution in [0.4, 0.5) is 5.69 Å². The van der Waals surface area contributed by atoms with Crippen LogP contribution in [0.15, 0.2) is 18.2 Å². The lowest BCUT2D eigenvalue weighted by Gasteiger charge is -2.08. The van der Waals surface area contributed by atoms with Gasteiger partial charge in [0.25, 0.3) is 5.69 Å². The van der Waals surface area contributed by atoms with Gasteiger partial charge in [0.15, 0.2) is 0 Å². The summed E-state index contributed by atoms with van der Waals surface area (Å²) in [6, 6.07) is 4.70. The highest BCUT2D eigenvalue weighted by atomic mass is 32.1. The standard InChI is InChI=1S/C13H13N3O2S/c1-7-4-5-10(16(17)18)6-11(7)12-14-9(3)8(2)13(19)15-12/h4-6H,1-3H3,(H,14,15,19). The summed E-state index contributed by atoms with van der Waals surface area (Å²) in [6.07, 6.45) is 0. The summed E-state index contributed by atoms with van der Waals surface area (Å²) in [5, 5.41) is 10.8. The Morgan fingerprint density at radius 3 is 2.58 bits per heavy atom. The van der Waals surface area contributed by atoms with Crippen LogP contribution in [0.5, 0.6) is 0 Å². The first-order valence-electron chi connectivity index (χ1n) is 5.73. The molecule has 0 aliphatic rings. The predicted molar refractivity (Wildman–Crippen MR) is 75.7 cm³/mol. The number of aromatic amines is 1. The maximum absolute atomic E-state index is 10.8. The van der Waals surface area contributed by atoms with Crippen molar-refractivity contribution in [2.24, 2.45) is 0 Å². The quantitative estimate of drug-likeness (QED) is 0.516. The normalized spacial score (nSPS) is 10.5. The molecule has 2 aromatic rings. The zero-order valence-electron chi connectivity index (χ0n) is 10.9. The maximum Gasteiger partial charge on any atom is 0.270 e. The molecule has 0 aliphatic heterocycles. The molecular weight excluding hydrogens is 262 g/mol. The monoisotopic (exact) mass is 275 g/mol. The zero-order valence-corrected chi connectivity index (χ0v) is 11.7. The van der Waals surface area contributed by atoms with Crippen molar-refractivity contribution >= 4 is 17.9 Å². The predicted octanol–water partition coefficient (Wildman–Crippen LogP) is 3.64. The molecule has 0 atom stereocenters. The molecular formula is C13H13N3O2S. The summed E-state index contributed by atoms with van der Waals surface area (Å²) in [7, 11) is 0. The Hall–Kier alpha value is -2.08. The minimum atomic E-state index is -0.418. The van der Waals surface area contributed by atoms with Gasteiger partial charge in [-0.2, -0.15) is 0 Å². The highest BCUT2D eigenvalue weighted by Gasteiger charge is 2.12. The molecule has 0 fully saturated rings. The van der Waals surface area contributed by atoms with E-state index < -0.39 is 4.92 Å². The van der Waals surface area contributed by atoms with Crippen molar-refractivity contribution in [2.45, 2.75) is 20.8 Å². The molecule has 6 heteroatoms. The van der Waals surface area contributed by atoms with Gasteiger partial charge < -0.3 is 4.98 Å². The number of hydrogen-bond donors (Lipinski definition) is 1. The molecule has 98 valence electrons. The van der Waals surface area contributed by atoms with Crippen molar-refractivity contribution in [3.05, 3.63) is 49.8 Å². The fourth-order valence-corrected chi connectivity index (χ4v) is 2.00. The number of nitrogens with zero attached hydrogens (tertiary/aromatic N) is 2. The first-order chi connectivity index (χ1) is 8.90. The van der Waals surface area contributed by atoms with Gasteiger partial charge in [0, 0.05) is 29.0 Å². The molecule has 0 amide bonds.